The van der Waals surface area contributed by atoms with Crippen LogP contribution in [0.4, 0.5) is 4.79 Å². The van der Waals surface area contributed by atoms with Gasteiger partial charge in [-0.1, -0.05) is 45.4 Å². The van der Waals surface area contributed by atoms with Crippen molar-refractivity contribution in [2.45, 2.75) is 122 Å². The van der Waals surface area contributed by atoms with Crippen molar-refractivity contribution in [3.63, 3.8) is 0 Å². The van der Waals surface area contributed by atoms with Gasteiger partial charge in [-0.15, -0.1) is 0 Å². The smallest absolute Gasteiger partial charge is 0.412 e. The standard InChI is InChI=1S/C24H46N2O6S/c1-8-9-15-25-33(28,29)17-20(30-7)21-19(16-18-13-11-10-12-14-18)26(24(5,6)31-21)22(27)32-23(2,3)4/h18-21,25H,8-17H2,1-7H3/t19-,20+,21-/m0/s1. The fourth-order valence-electron chi connectivity index (χ4n) is 4.99. The predicted octanol–water partition coefficient (Wildman–Crippen LogP) is 4.43. The quantitative estimate of drug-likeness (QED) is 0.455. The summed E-state index contributed by atoms with van der Waals surface area (Å²) in [5.74, 6) is 0.252. The summed E-state index contributed by atoms with van der Waals surface area (Å²) in [5.41, 5.74) is -1.59. The lowest BCUT2D eigenvalue weighted by molar-refractivity contribution is -0.105. The number of methoxy groups -OCH3 is 1. The van der Waals surface area contributed by atoms with Crippen molar-refractivity contribution in [3.8, 4) is 0 Å². The van der Waals surface area contributed by atoms with Crippen LogP contribution in [0.3, 0.4) is 0 Å². The number of amides is 1. The molecule has 9 heteroatoms. The molecule has 2 rings (SSSR count). The van der Waals surface area contributed by atoms with Gasteiger partial charge in [-0.25, -0.2) is 17.9 Å². The lowest BCUT2D eigenvalue weighted by Crippen LogP contribution is -2.52. The number of hydrogen-bond donors (Lipinski definition) is 1. The molecule has 3 atom stereocenters. The Morgan fingerprint density at radius 3 is 2.39 bits per heavy atom. The molecule has 194 valence electrons. The van der Waals surface area contributed by atoms with E-state index in [1.165, 1.54) is 26.4 Å². The van der Waals surface area contributed by atoms with Crippen molar-refractivity contribution in [1.82, 2.24) is 9.62 Å². The second kappa shape index (κ2) is 11.7. The molecule has 2 fully saturated rings. The number of carbonyl (C=O) groups is 1. The van der Waals surface area contributed by atoms with Gasteiger partial charge in [0.05, 0.1) is 11.8 Å². The number of ether oxygens (including phenoxy) is 3. The fraction of sp³-hybridized carbons (Fsp3) is 0.958. The highest BCUT2D eigenvalue weighted by Gasteiger charge is 2.54. The van der Waals surface area contributed by atoms with E-state index in [0.717, 1.165) is 32.1 Å². The van der Waals surface area contributed by atoms with E-state index in [-0.39, 0.29) is 11.8 Å². The fourth-order valence-corrected chi connectivity index (χ4v) is 6.32. The molecule has 0 radical (unpaired) electrons. The van der Waals surface area contributed by atoms with Gasteiger partial charge in [-0.05, 0) is 53.4 Å². The molecule has 0 aromatic carbocycles. The van der Waals surface area contributed by atoms with Crippen LogP contribution >= 0.6 is 0 Å². The number of sulfonamides is 1. The van der Waals surface area contributed by atoms with Gasteiger partial charge in [0.25, 0.3) is 0 Å². The second-order valence-corrected chi connectivity index (χ2v) is 12.8. The molecule has 1 amide bonds. The molecule has 2 aliphatic rings. The first-order chi connectivity index (χ1) is 15.3. The first kappa shape index (κ1) is 28.3. The molecular weight excluding hydrogens is 444 g/mol. The van der Waals surface area contributed by atoms with Gasteiger partial charge in [0.15, 0.2) is 0 Å². The number of unbranched alkanes of at least 4 members (excludes halogenated alkanes) is 1. The van der Waals surface area contributed by atoms with Gasteiger partial charge in [0.2, 0.25) is 10.0 Å². The second-order valence-electron chi connectivity index (χ2n) is 11.0. The zero-order chi connectivity index (χ0) is 24.9. The molecule has 8 nitrogen and oxygen atoms in total. The molecule has 0 spiro atoms. The van der Waals surface area contributed by atoms with Crippen molar-refractivity contribution in [2.24, 2.45) is 5.92 Å². The summed E-state index contributed by atoms with van der Waals surface area (Å²) in [6.07, 6.45) is 6.55. The van der Waals surface area contributed by atoms with Crippen LogP contribution in [-0.2, 0) is 24.2 Å². The Bertz CT molecular complexity index is 728. The maximum atomic E-state index is 13.3. The van der Waals surface area contributed by atoms with Gasteiger partial charge in [-0.3, -0.25) is 4.90 Å². The highest BCUT2D eigenvalue weighted by Crippen LogP contribution is 2.41. The van der Waals surface area contributed by atoms with Crippen molar-refractivity contribution in [3.05, 3.63) is 0 Å². The van der Waals surface area contributed by atoms with Crippen LogP contribution in [0.2, 0.25) is 0 Å². The Labute approximate surface area is 201 Å². The first-order valence-electron chi connectivity index (χ1n) is 12.5. The molecule has 33 heavy (non-hydrogen) atoms. The van der Waals surface area contributed by atoms with Gasteiger partial charge in [-0.2, -0.15) is 0 Å². The number of rotatable bonds is 10. The zero-order valence-electron chi connectivity index (χ0n) is 21.7. The molecule has 0 aromatic rings. The molecule has 0 unspecified atom stereocenters. The molecule has 0 bridgehead atoms. The van der Waals surface area contributed by atoms with E-state index in [4.69, 9.17) is 14.2 Å². The number of hydrogen-bond acceptors (Lipinski definition) is 6. The van der Waals surface area contributed by atoms with Crippen LogP contribution < -0.4 is 4.72 Å². The van der Waals surface area contributed by atoms with Crippen molar-refractivity contribution >= 4 is 16.1 Å². The Morgan fingerprint density at radius 2 is 1.85 bits per heavy atom. The minimum Gasteiger partial charge on any atom is -0.444 e. The van der Waals surface area contributed by atoms with E-state index >= 15 is 0 Å². The summed E-state index contributed by atoms with van der Waals surface area (Å²) in [5, 5.41) is 0. The van der Waals surface area contributed by atoms with Crippen LogP contribution in [0.5, 0.6) is 0 Å². The normalized spacial score (nSPS) is 25.2. The first-order valence-corrected chi connectivity index (χ1v) is 14.1. The van der Waals surface area contributed by atoms with Gasteiger partial charge < -0.3 is 14.2 Å². The highest BCUT2D eigenvalue weighted by molar-refractivity contribution is 7.89. The monoisotopic (exact) mass is 490 g/mol. The minimum absolute atomic E-state index is 0.211. The summed E-state index contributed by atoms with van der Waals surface area (Å²) < 4.78 is 46.0. The van der Waals surface area contributed by atoms with Crippen LogP contribution in [0, 0.1) is 5.92 Å². The highest BCUT2D eigenvalue weighted by atomic mass is 32.2. The Hall–Kier alpha value is -0.900. The molecule has 0 aromatic heterocycles. The molecular formula is C24H46N2O6S. The molecule has 1 aliphatic heterocycles. The van der Waals surface area contributed by atoms with Crippen LogP contribution in [0.1, 0.15) is 92.9 Å². The van der Waals surface area contributed by atoms with E-state index in [1.807, 2.05) is 41.5 Å². The third-order valence-electron chi connectivity index (χ3n) is 6.51. The lowest BCUT2D eigenvalue weighted by atomic mass is 9.83. The summed E-state index contributed by atoms with van der Waals surface area (Å²) in [6, 6.07) is -0.325. The number of nitrogens with one attached hydrogen (secondary N) is 1. The number of nitrogens with zero attached hydrogens (tertiary/aromatic N) is 1. The topological polar surface area (TPSA) is 94.2 Å². The van der Waals surface area contributed by atoms with E-state index in [2.05, 4.69) is 4.72 Å². The Kier molecular flexibility index (Phi) is 10.0. The summed E-state index contributed by atoms with van der Waals surface area (Å²) >= 11 is 0. The molecule has 1 saturated carbocycles. The molecule has 1 heterocycles. The maximum absolute atomic E-state index is 13.3. The van der Waals surface area contributed by atoms with Gasteiger partial charge >= 0.3 is 6.09 Å². The molecule has 1 saturated heterocycles. The zero-order valence-corrected chi connectivity index (χ0v) is 22.5. The van der Waals surface area contributed by atoms with Crippen LogP contribution in [-0.4, -0.2) is 68.4 Å². The lowest BCUT2D eigenvalue weighted by Gasteiger charge is -2.37. The van der Waals surface area contributed by atoms with Crippen molar-refractivity contribution in [1.29, 1.82) is 0 Å². The van der Waals surface area contributed by atoms with E-state index in [1.54, 1.807) is 4.90 Å². The van der Waals surface area contributed by atoms with E-state index in [0.29, 0.717) is 12.5 Å². The molecule has 1 aliphatic carbocycles. The van der Waals surface area contributed by atoms with Crippen LogP contribution in [0.15, 0.2) is 0 Å². The number of carbonyl (C=O) groups excluding carboxylic acids is 1. The Balaban J connectivity index is 2.31. The van der Waals surface area contributed by atoms with Gasteiger partial charge in [0, 0.05) is 13.7 Å². The summed E-state index contributed by atoms with van der Waals surface area (Å²) in [6.45, 7) is 11.6. The van der Waals surface area contributed by atoms with Gasteiger partial charge in [0.1, 0.15) is 23.5 Å². The average Bonchev–Trinajstić information content (AvgIpc) is 2.96. The molecule has 1 N–H and O–H groups in total. The average molecular weight is 491 g/mol. The van der Waals surface area contributed by atoms with Crippen LogP contribution in [0.25, 0.3) is 0 Å². The maximum Gasteiger partial charge on any atom is 0.412 e. The SMILES string of the molecule is CCCCNS(=O)(=O)C[C@@H](OC)[C@H]1OC(C)(C)N(C(=O)OC(C)(C)C)[C@H]1CC1CCCCC1. The Morgan fingerprint density at radius 1 is 1.21 bits per heavy atom. The van der Waals surface area contributed by atoms with E-state index < -0.39 is 39.7 Å². The summed E-state index contributed by atoms with van der Waals surface area (Å²) in [7, 11) is -2.04. The summed E-state index contributed by atoms with van der Waals surface area (Å²) in [4.78, 5) is 15.0. The van der Waals surface area contributed by atoms with Crippen molar-refractivity contribution < 1.29 is 27.4 Å². The third kappa shape index (κ3) is 8.37. The van der Waals surface area contributed by atoms with E-state index in [9.17, 15) is 13.2 Å². The third-order valence-corrected chi connectivity index (χ3v) is 7.92. The minimum atomic E-state index is -3.55. The largest absolute Gasteiger partial charge is 0.444 e. The van der Waals surface area contributed by atoms with Crippen molar-refractivity contribution in [2.75, 3.05) is 19.4 Å². The predicted molar refractivity (Wildman–Crippen MR) is 129 cm³/mol.